The highest BCUT2D eigenvalue weighted by Gasteiger charge is 2.20. The highest BCUT2D eigenvalue weighted by Crippen LogP contribution is 2.38. The van der Waals surface area contributed by atoms with Gasteiger partial charge in [-0.1, -0.05) is 227 Å². The monoisotopic (exact) mass is 1010 g/mol. The predicted molar refractivity (Wildman–Crippen MR) is 305 cm³/mol. The van der Waals surface area contributed by atoms with Crippen molar-refractivity contribution >= 4 is 13.8 Å². The Hall–Kier alpha value is -2.58. The third-order valence-corrected chi connectivity index (χ3v) is 13.1. The summed E-state index contributed by atoms with van der Waals surface area (Å²) in [5.74, 6) is -0.350. The number of esters is 1. The number of nitrogens with zero attached hydrogens (tertiary/aromatic N) is 1. The summed E-state index contributed by atoms with van der Waals surface area (Å²) in [5.41, 5.74) is 0. The lowest BCUT2D eigenvalue weighted by Gasteiger charge is -2.28. The van der Waals surface area contributed by atoms with Crippen LogP contribution in [0.2, 0.25) is 0 Å². The zero-order valence-electron chi connectivity index (χ0n) is 46.6. The summed E-state index contributed by atoms with van der Waals surface area (Å²) in [5, 5.41) is 0. The number of phosphoric ester groups is 1. The minimum atomic E-state index is -4.55. The summed E-state index contributed by atoms with van der Waals surface area (Å²) in [6.07, 6.45) is 74.4. The Morgan fingerprint density at radius 2 is 0.817 bits per heavy atom. The van der Waals surface area contributed by atoms with Gasteiger partial charge >= 0.3 is 5.97 Å². The van der Waals surface area contributed by atoms with Crippen molar-refractivity contribution in [1.29, 1.82) is 0 Å². The van der Waals surface area contributed by atoms with Crippen molar-refractivity contribution < 1.29 is 37.3 Å². The molecular weight excluding hydrogens is 902 g/mol. The number of quaternary nitrogens is 1. The van der Waals surface area contributed by atoms with Gasteiger partial charge < -0.3 is 27.9 Å². The molecule has 0 N–H and O–H groups in total. The number of allylic oxidation sites excluding steroid dienone is 16. The fraction of sp³-hybridized carbons (Fsp3) is 0.726. The van der Waals surface area contributed by atoms with E-state index >= 15 is 0 Å². The summed E-state index contributed by atoms with van der Waals surface area (Å²) in [6.45, 7) is 5.27. The van der Waals surface area contributed by atoms with E-state index in [1.54, 1.807) is 0 Å². The van der Waals surface area contributed by atoms with Crippen LogP contribution in [0.1, 0.15) is 232 Å². The first-order chi connectivity index (χ1) is 34.6. The molecule has 8 nitrogen and oxygen atoms in total. The molecule has 0 spiro atoms. The predicted octanol–water partition coefficient (Wildman–Crippen LogP) is 17.9. The van der Waals surface area contributed by atoms with E-state index in [2.05, 4.69) is 111 Å². The van der Waals surface area contributed by atoms with E-state index < -0.39 is 13.9 Å². The molecule has 0 saturated carbocycles. The van der Waals surface area contributed by atoms with Crippen molar-refractivity contribution in [2.75, 3.05) is 54.1 Å². The van der Waals surface area contributed by atoms with Crippen LogP contribution in [0.3, 0.4) is 0 Å². The van der Waals surface area contributed by atoms with E-state index in [9.17, 15) is 14.3 Å². The molecule has 0 fully saturated rings. The van der Waals surface area contributed by atoms with Gasteiger partial charge in [0.25, 0.3) is 7.82 Å². The maximum atomic E-state index is 12.8. The largest absolute Gasteiger partial charge is 0.756 e. The van der Waals surface area contributed by atoms with Gasteiger partial charge in [-0.15, -0.1) is 0 Å². The van der Waals surface area contributed by atoms with Crippen molar-refractivity contribution in [1.82, 2.24) is 0 Å². The van der Waals surface area contributed by atoms with Gasteiger partial charge in [0.2, 0.25) is 0 Å². The Morgan fingerprint density at radius 3 is 1.23 bits per heavy atom. The lowest BCUT2D eigenvalue weighted by atomic mass is 10.0. The summed E-state index contributed by atoms with van der Waals surface area (Å²) in [4.78, 5) is 25.3. The van der Waals surface area contributed by atoms with Gasteiger partial charge in [-0.3, -0.25) is 9.36 Å². The van der Waals surface area contributed by atoms with Crippen LogP contribution in [0.15, 0.2) is 97.2 Å². The van der Waals surface area contributed by atoms with E-state index in [1.165, 1.54) is 122 Å². The quantitative estimate of drug-likeness (QED) is 0.0197. The van der Waals surface area contributed by atoms with Crippen LogP contribution in [-0.2, 0) is 27.9 Å². The van der Waals surface area contributed by atoms with Crippen LogP contribution in [0.4, 0.5) is 0 Å². The fourth-order valence-corrected chi connectivity index (χ4v) is 8.43. The molecule has 0 heterocycles. The Morgan fingerprint density at radius 1 is 0.451 bits per heavy atom. The molecule has 0 aliphatic carbocycles. The molecule has 9 heteroatoms. The number of hydrogen-bond donors (Lipinski definition) is 0. The van der Waals surface area contributed by atoms with Gasteiger partial charge in [0.15, 0.2) is 0 Å². The number of ether oxygens (including phenoxy) is 2. The highest BCUT2D eigenvalue weighted by molar-refractivity contribution is 7.45. The van der Waals surface area contributed by atoms with E-state index in [0.717, 1.165) is 89.9 Å². The van der Waals surface area contributed by atoms with Crippen molar-refractivity contribution in [3.05, 3.63) is 97.2 Å². The smallest absolute Gasteiger partial charge is 0.306 e. The van der Waals surface area contributed by atoms with E-state index in [4.69, 9.17) is 18.5 Å². The summed E-state index contributed by atoms with van der Waals surface area (Å²) < 4.78 is 34.8. The van der Waals surface area contributed by atoms with Gasteiger partial charge in [-0.25, -0.2) is 0 Å². The van der Waals surface area contributed by atoms with Crippen LogP contribution in [0, 0.1) is 0 Å². The standard InChI is InChI=1S/C62H110NO7P/c1-6-8-10-12-14-16-18-20-22-24-26-28-30-32-33-35-37-39-41-43-45-47-49-51-53-55-62(64)70-61(60-69-71(65,66)68-58-56-63(3,4)5)59-67-57-54-52-50-48-46-44-42-40-38-36-34-31-29-27-25-23-21-19-17-15-13-11-9-7-2/h8,10,14,16,19-22,25-28,32-33,37,39,61H,6-7,9,11-13,15,17-18,23-24,29-31,34-36,38,40-60H2,1-5H3/b10-8-,16-14-,21-19-,22-20-,27-25-,28-26-,33-32-,39-37-. The average molecular weight is 1010 g/mol. The van der Waals surface area contributed by atoms with Gasteiger partial charge in [-0.05, 0) is 96.3 Å². The van der Waals surface area contributed by atoms with Gasteiger partial charge in [-0.2, -0.15) is 0 Å². The molecule has 0 rings (SSSR count). The van der Waals surface area contributed by atoms with Crippen LogP contribution in [-0.4, -0.2) is 70.7 Å². The van der Waals surface area contributed by atoms with Crippen molar-refractivity contribution in [3.8, 4) is 0 Å². The first kappa shape index (κ1) is 68.4. The number of unbranched alkanes of at least 4 members (excludes halogenated alkanes) is 23. The van der Waals surface area contributed by atoms with E-state index in [0.29, 0.717) is 24.1 Å². The molecule has 2 unspecified atom stereocenters. The molecule has 0 bridgehead atoms. The number of rotatable bonds is 53. The first-order valence-electron chi connectivity index (χ1n) is 29.0. The molecule has 0 aromatic rings. The van der Waals surface area contributed by atoms with Gasteiger partial charge in [0, 0.05) is 13.0 Å². The highest BCUT2D eigenvalue weighted by atomic mass is 31.2. The molecule has 0 amide bonds. The fourth-order valence-electron chi connectivity index (χ4n) is 7.70. The summed E-state index contributed by atoms with van der Waals surface area (Å²) in [7, 11) is 1.34. The lowest BCUT2D eigenvalue weighted by Crippen LogP contribution is -2.37. The molecule has 0 aliphatic rings. The maximum Gasteiger partial charge on any atom is 0.306 e. The van der Waals surface area contributed by atoms with Gasteiger partial charge in [0.1, 0.15) is 19.3 Å². The maximum absolute atomic E-state index is 12.8. The molecular formula is C62H110NO7P. The second-order valence-electron chi connectivity index (χ2n) is 20.3. The lowest BCUT2D eigenvalue weighted by molar-refractivity contribution is -0.870. The number of carbonyl (C=O) groups excluding carboxylic acids is 1. The number of likely N-dealkylation sites (N-methyl/N-ethyl adjacent to an activating group) is 1. The topological polar surface area (TPSA) is 94.1 Å². The van der Waals surface area contributed by atoms with Crippen molar-refractivity contribution in [2.45, 2.75) is 238 Å². The normalized spacial score (nSPS) is 14.2. The SMILES string of the molecule is CC/C=C\C/C=C\C/C=C\C/C=C\C/C=C\C/C=C\CCCCCCCCC(=O)OC(COCCCCCCCCCCCCCC/C=C\C/C=C\CCCCCCC)COP(=O)([O-])OCC[N+](C)(C)C. The zero-order valence-corrected chi connectivity index (χ0v) is 47.5. The molecule has 0 aliphatic heterocycles. The van der Waals surface area contributed by atoms with Crippen LogP contribution >= 0.6 is 7.82 Å². The minimum absolute atomic E-state index is 0.0179. The number of carbonyl (C=O) groups is 1. The van der Waals surface area contributed by atoms with Crippen molar-refractivity contribution in [2.24, 2.45) is 0 Å². The molecule has 0 aromatic heterocycles. The number of phosphoric acid groups is 1. The zero-order chi connectivity index (χ0) is 51.9. The Labute approximate surface area is 438 Å². The summed E-state index contributed by atoms with van der Waals surface area (Å²) in [6, 6.07) is 0. The Bertz CT molecular complexity index is 1460. The van der Waals surface area contributed by atoms with Crippen LogP contribution in [0.5, 0.6) is 0 Å². The van der Waals surface area contributed by atoms with Crippen LogP contribution < -0.4 is 4.89 Å². The van der Waals surface area contributed by atoms with Crippen LogP contribution in [0.25, 0.3) is 0 Å². The summed E-state index contributed by atoms with van der Waals surface area (Å²) >= 11 is 0. The second-order valence-corrected chi connectivity index (χ2v) is 21.7. The first-order valence-corrected chi connectivity index (χ1v) is 30.4. The van der Waals surface area contributed by atoms with Gasteiger partial charge in [0.05, 0.1) is 34.4 Å². The molecule has 0 saturated heterocycles. The molecule has 0 aromatic carbocycles. The molecule has 71 heavy (non-hydrogen) atoms. The Kier molecular flexibility index (Phi) is 51.8. The average Bonchev–Trinajstić information content (AvgIpc) is 3.33. The second kappa shape index (κ2) is 53.7. The number of hydrogen-bond acceptors (Lipinski definition) is 7. The Balaban J connectivity index is 4.14. The third kappa shape index (κ3) is 58.2. The third-order valence-electron chi connectivity index (χ3n) is 12.1. The van der Waals surface area contributed by atoms with E-state index in [1.807, 2.05) is 21.1 Å². The van der Waals surface area contributed by atoms with Crippen molar-refractivity contribution in [3.63, 3.8) is 0 Å². The molecule has 0 radical (unpaired) electrons. The minimum Gasteiger partial charge on any atom is -0.756 e. The molecule has 2 atom stereocenters. The van der Waals surface area contributed by atoms with E-state index in [-0.39, 0.29) is 25.8 Å². The molecule has 410 valence electrons.